The SMILES string of the molecule is O=C1CC2(CC2)Oc2c(F)cccc21. The van der Waals surface area contributed by atoms with E-state index in [0.717, 1.165) is 12.8 Å². The Balaban J connectivity index is 2.15. The molecule has 0 aromatic heterocycles. The second kappa shape index (κ2) is 2.35. The third-order valence-electron chi connectivity index (χ3n) is 2.88. The molecule has 0 N–H and O–H groups in total. The minimum absolute atomic E-state index is 0.00301. The summed E-state index contributed by atoms with van der Waals surface area (Å²) in [4.78, 5) is 11.6. The van der Waals surface area contributed by atoms with Crippen molar-refractivity contribution in [3.63, 3.8) is 0 Å². The monoisotopic (exact) mass is 192 g/mol. The van der Waals surface area contributed by atoms with Gasteiger partial charge in [0.2, 0.25) is 0 Å². The van der Waals surface area contributed by atoms with Crippen molar-refractivity contribution in [2.24, 2.45) is 0 Å². The van der Waals surface area contributed by atoms with Crippen LogP contribution in [0.25, 0.3) is 0 Å². The molecule has 0 bridgehead atoms. The van der Waals surface area contributed by atoms with Crippen LogP contribution >= 0.6 is 0 Å². The summed E-state index contributed by atoms with van der Waals surface area (Å²) >= 11 is 0. The molecule has 0 unspecified atom stereocenters. The van der Waals surface area contributed by atoms with E-state index in [-0.39, 0.29) is 17.1 Å². The van der Waals surface area contributed by atoms with E-state index in [0.29, 0.717) is 12.0 Å². The molecule has 72 valence electrons. The Labute approximate surface area is 80.7 Å². The van der Waals surface area contributed by atoms with Crippen molar-refractivity contribution in [3.05, 3.63) is 29.6 Å². The van der Waals surface area contributed by atoms with Gasteiger partial charge in [-0.1, -0.05) is 6.07 Å². The number of carbonyl (C=O) groups is 1. The largest absolute Gasteiger partial charge is 0.483 e. The molecule has 1 heterocycles. The van der Waals surface area contributed by atoms with Crippen molar-refractivity contribution in [2.75, 3.05) is 0 Å². The molecule has 3 rings (SSSR count). The number of halogens is 1. The molecule has 1 aliphatic heterocycles. The van der Waals surface area contributed by atoms with Crippen LogP contribution in [0.5, 0.6) is 5.75 Å². The number of fused-ring (bicyclic) bond motifs is 1. The summed E-state index contributed by atoms with van der Waals surface area (Å²) in [5, 5.41) is 0. The average molecular weight is 192 g/mol. The zero-order valence-corrected chi connectivity index (χ0v) is 7.55. The minimum Gasteiger partial charge on any atom is -0.483 e. The number of rotatable bonds is 0. The molecule has 1 aromatic carbocycles. The lowest BCUT2D eigenvalue weighted by atomic mass is 9.99. The number of Topliss-reactive ketones (excluding diaryl/α,β-unsaturated/α-hetero) is 1. The quantitative estimate of drug-likeness (QED) is 0.630. The van der Waals surface area contributed by atoms with E-state index in [1.807, 2.05) is 0 Å². The van der Waals surface area contributed by atoms with Gasteiger partial charge in [0.15, 0.2) is 17.3 Å². The van der Waals surface area contributed by atoms with E-state index in [2.05, 4.69) is 0 Å². The maximum absolute atomic E-state index is 13.3. The minimum atomic E-state index is -0.429. The molecule has 3 heteroatoms. The first kappa shape index (κ1) is 7.97. The van der Waals surface area contributed by atoms with Gasteiger partial charge in [-0.2, -0.15) is 0 Å². The number of hydrogen-bond acceptors (Lipinski definition) is 2. The lowest BCUT2D eigenvalue weighted by molar-refractivity contribution is 0.0798. The van der Waals surface area contributed by atoms with Gasteiger partial charge >= 0.3 is 0 Å². The molecule has 1 saturated carbocycles. The zero-order chi connectivity index (χ0) is 9.76. The second-order valence-electron chi connectivity index (χ2n) is 4.00. The Morgan fingerprint density at radius 1 is 1.36 bits per heavy atom. The zero-order valence-electron chi connectivity index (χ0n) is 7.55. The van der Waals surface area contributed by atoms with Gasteiger partial charge in [-0.3, -0.25) is 4.79 Å². The fraction of sp³-hybridized carbons (Fsp3) is 0.364. The van der Waals surface area contributed by atoms with Crippen molar-refractivity contribution in [1.29, 1.82) is 0 Å². The van der Waals surface area contributed by atoms with E-state index in [4.69, 9.17) is 4.74 Å². The topological polar surface area (TPSA) is 26.3 Å². The number of para-hydroxylation sites is 1. The molecule has 1 spiro atoms. The summed E-state index contributed by atoms with van der Waals surface area (Å²) < 4.78 is 18.9. The molecule has 1 fully saturated rings. The highest BCUT2D eigenvalue weighted by molar-refractivity contribution is 6.00. The third kappa shape index (κ3) is 0.983. The van der Waals surface area contributed by atoms with E-state index in [1.165, 1.54) is 6.07 Å². The molecule has 0 saturated heterocycles. The van der Waals surface area contributed by atoms with Crippen molar-refractivity contribution < 1.29 is 13.9 Å². The number of benzene rings is 1. The van der Waals surface area contributed by atoms with Crippen LogP contribution in [0.3, 0.4) is 0 Å². The van der Waals surface area contributed by atoms with Crippen LogP contribution in [0.2, 0.25) is 0 Å². The van der Waals surface area contributed by atoms with Crippen LogP contribution in [0.1, 0.15) is 29.6 Å². The molecular weight excluding hydrogens is 183 g/mol. The van der Waals surface area contributed by atoms with E-state index >= 15 is 0 Å². The summed E-state index contributed by atoms with van der Waals surface area (Å²) in [6.45, 7) is 0. The van der Waals surface area contributed by atoms with Gasteiger partial charge in [0.05, 0.1) is 12.0 Å². The van der Waals surface area contributed by atoms with Gasteiger partial charge in [0, 0.05) is 0 Å². The van der Waals surface area contributed by atoms with Crippen molar-refractivity contribution >= 4 is 5.78 Å². The first-order chi connectivity index (χ1) is 6.70. The summed E-state index contributed by atoms with van der Waals surface area (Å²) in [6.07, 6.45) is 2.14. The van der Waals surface area contributed by atoms with Crippen LogP contribution in [0.4, 0.5) is 4.39 Å². The molecule has 0 amide bonds. The normalized spacial score (nSPS) is 21.6. The highest BCUT2D eigenvalue weighted by Gasteiger charge is 2.51. The highest BCUT2D eigenvalue weighted by Crippen LogP contribution is 2.48. The Bertz CT molecular complexity index is 421. The number of ether oxygens (including phenoxy) is 1. The van der Waals surface area contributed by atoms with Crippen molar-refractivity contribution in [3.8, 4) is 5.75 Å². The molecule has 1 aromatic rings. The molecule has 2 aliphatic rings. The number of carbonyl (C=O) groups excluding carboxylic acids is 1. The summed E-state index contributed by atoms with van der Waals surface area (Å²) in [5.74, 6) is -0.272. The van der Waals surface area contributed by atoms with Crippen LogP contribution in [0, 0.1) is 5.82 Å². The average Bonchev–Trinajstić information content (AvgIpc) is 2.88. The molecule has 0 radical (unpaired) electrons. The Morgan fingerprint density at radius 2 is 2.14 bits per heavy atom. The van der Waals surface area contributed by atoms with E-state index in [9.17, 15) is 9.18 Å². The van der Waals surface area contributed by atoms with Gasteiger partial charge < -0.3 is 4.74 Å². The van der Waals surface area contributed by atoms with Gasteiger partial charge in [-0.25, -0.2) is 4.39 Å². The second-order valence-corrected chi connectivity index (χ2v) is 4.00. The molecule has 14 heavy (non-hydrogen) atoms. The van der Waals surface area contributed by atoms with Gasteiger partial charge in [-0.05, 0) is 25.0 Å². The summed E-state index contributed by atoms with van der Waals surface area (Å²) in [7, 11) is 0. The number of ketones is 1. The molecular formula is C11H9FO2. The third-order valence-corrected chi connectivity index (χ3v) is 2.88. The summed E-state index contributed by atoms with van der Waals surface area (Å²) in [5.41, 5.74) is 0.0363. The van der Waals surface area contributed by atoms with Crippen LogP contribution < -0.4 is 4.74 Å². The van der Waals surface area contributed by atoms with Crippen molar-refractivity contribution in [1.82, 2.24) is 0 Å². The first-order valence-corrected chi connectivity index (χ1v) is 4.71. The standard InChI is InChI=1S/C11H9FO2/c12-8-3-1-2-7-9(13)6-11(4-5-11)14-10(7)8/h1-3H,4-6H2. The van der Waals surface area contributed by atoms with Crippen molar-refractivity contribution in [2.45, 2.75) is 24.9 Å². The number of hydrogen-bond donors (Lipinski definition) is 0. The van der Waals surface area contributed by atoms with Gasteiger partial charge in [-0.15, -0.1) is 0 Å². The molecule has 1 aliphatic carbocycles. The lowest BCUT2D eigenvalue weighted by Crippen LogP contribution is -2.29. The lowest BCUT2D eigenvalue weighted by Gasteiger charge is -2.24. The maximum atomic E-state index is 13.3. The Morgan fingerprint density at radius 3 is 2.86 bits per heavy atom. The Kier molecular flexibility index (Phi) is 1.34. The highest BCUT2D eigenvalue weighted by atomic mass is 19.1. The van der Waals surface area contributed by atoms with Crippen LogP contribution in [-0.4, -0.2) is 11.4 Å². The fourth-order valence-corrected chi connectivity index (χ4v) is 1.89. The predicted octanol–water partition coefficient (Wildman–Crippen LogP) is 2.32. The van der Waals surface area contributed by atoms with Gasteiger partial charge in [0.1, 0.15) is 5.60 Å². The summed E-state index contributed by atoms with van der Waals surface area (Å²) in [6, 6.07) is 4.49. The van der Waals surface area contributed by atoms with Crippen LogP contribution in [0.15, 0.2) is 18.2 Å². The van der Waals surface area contributed by atoms with E-state index < -0.39 is 5.82 Å². The predicted molar refractivity (Wildman–Crippen MR) is 47.9 cm³/mol. The van der Waals surface area contributed by atoms with Crippen LogP contribution in [-0.2, 0) is 0 Å². The smallest absolute Gasteiger partial charge is 0.170 e. The Hall–Kier alpha value is -1.38. The van der Waals surface area contributed by atoms with E-state index in [1.54, 1.807) is 12.1 Å². The maximum Gasteiger partial charge on any atom is 0.170 e. The first-order valence-electron chi connectivity index (χ1n) is 4.71. The molecule has 0 atom stereocenters. The molecule has 2 nitrogen and oxygen atoms in total. The van der Waals surface area contributed by atoms with Gasteiger partial charge in [0.25, 0.3) is 0 Å². The fourth-order valence-electron chi connectivity index (χ4n) is 1.89.